The number of rotatable bonds is 2. The minimum Gasteiger partial charge on any atom is -0.398 e. The van der Waals surface area contributed by atoms with Gasteiger partial charge in [-0.15, -0.1) is 0 Å². The fourth-order valence-electron chi connectivity index (χ4n) is 1.92. The van der Waals surface area contributed by atoms with Crippen molar-refractivity contribution in [3.05, 3.63) is 23.8 Å². The predicted octanol–water partition coefficient (Wildman–Crippen LogP) is 1.21. The number of nitrogens with zero attached hydrogens (tertiary/aromatic N) is 1. The summed E-state index contributed by atoms with van der Waals surface area (Å²) in [5, 5.41) is 0. The number of benzene rings is 1. The van der Waals surface area contributed by atoms with Crippen molar-refractivity contribution in [3.8, 4) is 0 Å². The fourth-order valence-corrected chi connectivity index (χ4v) is 3.78. The van der Waals surface area contributed by atoms with Gasteiger partial charge in [-0.05, 0) is 25.5 Å². The van der Waals surface area contributed by atoms with Crippen LogP contribution in [0.25, 0.3) is 0 Å². The molecule has 0 spiro atoms. The molecule has 1 aromatic rings. The molecule has 1 aliphatic heterocycles. The number of anilines is 1. The smallest absolute Gasteiger partial charge is 0.271 e. The molecule has 0 aliphatic carbocycles. The summed E-state index contributed by atoms with van der Waals surface area (Å²) in [6.07, 6.45) is 0.568. The maximum atomic E-state index is 12.2. The molecule has 1 aliphatic rings. The number of carbonyl (C=O) groups is 1. The summed E-state index contributed by atoms with van der Waals surface area (Å²) in [5.41, 5.74) is 5.99. The molecule has 92 valence electrons. The first-order chi connectivity index (χ1) is 7.91. The standard InChI is InChI=1S/C11H14N2O3S/c1-3-7(2)13-11(14)10-8(12)5-4-6-9(10)17(13,15)16/h4-7H,3,12H2,1-2H3. The average Bonchev–Trinajstić information content (AvgIpc) is 2.47. The van der Waals surface area contributed by atoms with E-state index in [0.717, 1.165) is 4.31 Å². The second-order valence-corrected chi connectivity index (χ2v) is 5.87. The zero-order chi connectivity index (χ0) is 12.8. The van der Waals surface area contributed by atoms with E-state index in [1.165, 1.54) is 12.1 Å². The van der Waals surface area contributed by atoms with Gasteiger partial charge in [0.05, 0.1) is 5.56 Å². The van der Waals surface area contributed by atoms with E-state index in [4.69, 9.17) is 5.73 Å². The zero-order valence-corrected chi connectivity index (χ0v) is 10.5. The van der Waals surface area contributed by atoms with Crippen LogP contribution in [0.1, 0.15) is 30.6 Å². The van der Waals surface area contributed by atoms with Crippen molar-refractivity contribution in [1.82, 2.24) is 4.31 Å². The van der Waals surface area contributed by atoms with Crippen LogP contribution in [0.4, 0.5) is 5.69 Å². The SMILES string of the molecule is CCC(C)N1C(=O)c2c(N)cccc2S1(=O)=O. The van der Waals surface area contributed by atoms with Gasteiger partial charge >= 0.3 is 0 Å². The zero-order valence-electron chi connectivity index (χ0n) is 9.67. The Morgan fingerprint density at radius 1 is 1.41 bits per heavy atom. The molecule has 2 rings (SSSR count). The second-order valence-electron chi connectivity index (χ2n) is 4.08. The van der Waals surface area contributed by atoms with E-state index in [9.17, 15) is 13.2 Å². The maximum Gasteiger partial charge on any atom is 0.271 e. The Balaban J connectivity index is 2.69. The highest BCUT2D eigenvalue weighted by molar-refractivity contribution is 7.90. The number of nitrogens with two attached hydrogens (primary N) is 1. The summed E-state index contributed by atoms with van der Waals surface area (Å²) >= 11 is 0. The normalized spacial score (nSPS) is 19.2. The van der Waals surface area contributed by atoms with Crippen molar-refractivity contribution < 1.29 is 13.2 Å². The van der Waals surface area contributed by atoms with Crippen LogP contribution in [0.5, 0.6) is 0 Å². The van der Waals surface area contributed by atoms with Crippen LogP contribution >= 0.6 is 0 Å². The quantitative estimate of drug-likeness (QED) is 0.804. The van der Waals surface area contributed by atoms with Crippen LogP contribution in [-0.4, -0.2) is 24.7 Å². The number of carbonyl (C=O) groups excluding carboxylic acids is 1. The lowest BCUT2D eigenvalue weighted by Crippen LogP contribution is -2.37. The average molecular weight is 254 g/mol. The van der Waals surface area contributed by atoms with Crippen LogP contribution in [0.3, 0.4) is 0 Å². The highest BCUT2D eigenvalue weighted by atomic mass is 32.2. The molecule has 0 radical (unpaired) electrons. The molecule has 0 saturated carbocycles. The first-order valence-electron chi connectivity index (χ1n) is 5.38. The number of sulfonamides is 1. The highest BCUT2D eigenvalue weighted by Gasteiger charge is 2.44. The van der Waals surface area contributed by atoms with E-state index in [1.807, 2.05) is 6.92 Å². The van der Waals surface area contributed by atoms with Gasteiger partial charge in [0.25, 0.3) is 15.9 Å². The lowest BCUT2D eigenvalue weighted by atomic mass is 10.1. The van der Waals surface area contributed by atoms with Crippen molar-refractivity contribution >= 4 is 21.6 Å². The van der Waals surface area contributed by atoms with E-state index >= 15 is 0 Å². The van der Waals surface area contributed by atoms with Crippen LogP contribution in [-0.2, 0) is 10.0 Å². The summed E-state index contributed by atoms with van der Waals surface area (Å²) in [4.78, 5) is 12.1. The Morgan fingerprint density at radius 2 is 2.06 bits per heavy atom. The Hall–Kier alpha value is -1.56. The van der Waals surface area contributed by atoms with E-state index in [2.05, 4.69) is 0 Å². The Kier molecular flexibility index (Phi) is 2.61. The molecule has 1 atom stereocenters. The van der Waals surface area contributed by atoms with Crippen molar-refractivity contribution in [2.45, 2.75) is 31.2 Å². The van der Waals surface area contributed by atoms with Gasteiger partial charge in [-0.25, -0.2) is 12.7 Å². The van der Waals surface area contributed by atoms with E-state index in [0.29, 0.717) is 6.42 Å². The van der Waals surface area contributed by atoms with Crippen LogP contribution in [0, 0.1) is 0 Å². The summed E-state index contributed by atoms with van der Waals surface area (Å²) in [5.74, 6) is -0.521. The highest BCUT2D eigenvalue weighted by Crippen LogP contribution is 2.35. The molecular formula is C11H14N2O3S. The van der Waals surface area contributed by atoms with Gasteiger partial charge in [-0.1, -0.05) is 13.0 Å². The first kappa shape index (κ1) is 11.9. The van der Waals surface area contributed by atoms with Gasteiger partial charge in [-0.3, -0.25) is 4.79 Å². The fraction of sp³-hybridized carbons (Fsp3) is 0.364. The van der Waals surface area contributed by atoms with E-state index in [-0.39, 0.29) is 22.2 Å². The molecule has 0 saturated heterocycles. The first-order valence-corrected chi connectivity index (χ1v) is 6.82. The Morgan fingerprint density at radius 3 is 2.59 bits per heavy atom. The minimum absolute atomic E-state index is 0.0165. The third-order valence-corrected chi connectivity index (χ3v) is 4.94. The van der Waals surface area contributed by atoms with Gasteiger partial charge < -0.3 is 5.73 Å². The largest absolute Gasteiger partial charge is 0.398 e. The van der Waals surface area contributed by atoms with Crippen LogP contribution in [0.15, 0.2) is 23.1 Å². The van der Waals surface area contributed by atoms with Crippen LogP contribution in [0.2, 0.25) is 0 Å². The molecule has 1 amide bonds. The van der Waals surface area contributed by atoms with E-state index < -0.39 is 15.9 Å². The molecule has 2 N–H and O–H groups in total. The molecule has 1 aromatic carbocycles. The predicted molar refractivity (Wildman–Crippen MR) is 64.0 cm³/mol. The number of amides is 1. The van der Waals surface area contributed by atoms with Crippen molar-refractivity contribution in [1.29, 1.82) is 0 Å². The third-order valence-electron chi connectivity index (χ3n) is 3.00. The minimum atomic E-state index is -3.73. The molecule has 0 aromatic heterocycles. The molecule has 0 bridgehead atoms. The van der Waals surface area contributed by atoms with E-state index in [1.54, 1.807) is 13.0 Å². The van der Waals surface area contributed by atoms with Crippen molar-refractivity contribution in [2.75, 3.05) is 5.73 Å². The second kappa shape index (κ2) is 3.73. The lowest BCUT2D eigenvalue weighted by molar-refractivity contribution is 0.0838. The Labute approximate surface area is 100 Å². The molecule has 5 nitrogen and oxygen atoms in total. The van der Waals surface area contributed by atoms with Gasteiger partial charge in [0.1, 0.15) is 4.90 Å². The van der Waals surface area contributed by atoms with Gasteiger partial charge in [0.2, 0.25) is 0 Å². The topological polar surface area (TPSA) is 80.5 Å². The summed E-state index contributed by atoms with van der Waals surface area (Å²) in [7, 11) is -3.73. The molecule has 6 heteroatoms. The number of hydrogen-bond donors (Lipinski definition) is 1. The van der Waals surface area contributed by atoms with Gasteiger partial charge in [0.15, 0.2) is 0 Å². The van der Waals surface area contributed by atoms with Crippen LogP contribution < -0.4 is 5.73 Å². The molecule has 0 fully saturated rings. The third kappa shape index (κ3) is 1.51. The number of nitrogen functional groups attached to an aromatic ring is 1. The molecular weight excluding hydrogens is 240 g/mol. The summed E-state index contributed by atoms with van der Waals surface area (Å²) in [6.45, 7) is 3.54. The molecule has 1 unspecified atom stereocenters. The molecule has 17 heavy (non-hydrogen) atoms. The van der Waals surface area contributed by atoms with Gasteiger partial charge in [-0.2, -0.15) is 0 Å². The summed E-state index contributed by atoms with van der Waals surface area (Å²) < 4.78 is 25.3. The number of fused-ring (bicyclic) bond motifs is 1. The summed E-state index contributed by atoms with van der Waals surface area (Å²) in [6, 6.07) is 4.13. The molecule has 1 heterocycles. The van der Waals surface area contributed by atoms with Crippen molar-refractivity contribution in [3.63, 3.8) is 0 Å². The Bertz CT molecular complexity index is 580. The van der Waals surface area contributed by atoms with Crippen molar-refractivity contribution in [2.24, 2.45) is 0 Å². The monoisotopic (exact) mass is 254 g/mol. The number of hydrogen-bond acceptors (Lipinski definition) is 4. The lowest BCUT2D eigenvalue weighted by Gasteiger charge is -2.21. The maximum absolute atomic E-state index is 12.2. The van der Waals surface area contributed by atoms with Gasteiger partial charge in [0, 0.05) is 11.7 Å².